The molecule has 1 aromatic rings. The molecule has 0 radical (unpaired) electrons. The Morgan fingerprint density at radius 3 is 2.50 bits per heavy atom. The van der Waals surface area contributed by atoms with Gasteiger partial charge in [-0.1, -0.05) is 30.3 Å². The lowest BCUT2D eigenvalue weighted by atomic mass is 9.92. The molecular formula is C14H17N3O3. The summed E-state index contributed by atoms with van der Waals surface area (Å²) in [5.41, 5.74) is -1.03. The number of nitrogens with zero attached hydrogens (tertiary/aromatic N) is 2. The van der Waals surface area contributed by atoms with Gasteiger partial charge >= 0.3 is 12.0 Å². The fourth-order valence-electron chi connectivity index (χ4n) is 1.65. The number of nitriles is 1. The van der Waals surface area contributed by atoms with E-state index < -0.39 is 17.5 Å². The highest BCUT2D eigenvalue weighted by molar-refractivity contribution is 5.87. The van der Waals surface area contributed by atoms with Gasteiger partial charge in [0.2, 0.25) is 0 Å². The summed E-state index contributed by atoms with van der Waals surface area (Å²) < 4.78 is 0. The average molecular weight is 275 g/mol. The second kappa shape index (κ2) is 6.57. The Morgan fingerprint density at radius 1 is 1.40 bits per heavy atom. The van der Waals surface area contributed by atoms with Gasteiger partial charge in [0.15, 0.2) is 5.54 Å². The van der Waals surface area contributed by atoms with Crippen molar-refractivity contribution in [3.63, 3.8) is 0 Å². The molecule has 1 atom stereocenters. The number of carboxylic acid groups (broad SMARTS) is 1. The van der Waals surface area contributed by atoms with Crippen LogP contribution in [0.25, 0.3) is 0 Å². The molecule has 0 heterocycles. The van der Waals surface area contributed by atoms with E-state index in [0.717, 1.165) is 0 Å². The van der Waals surface area contributed by atoms with Crippen LogP contribution in [0.3, 0.4) is 0 Å². The van der Waals surface area contributed by atoms with Gasteiger partial charge in [0, 0.05) is 13.6 Å². The topological polar surface area (TPSA) is 93.4 Å². The van der Waals surface area contributed by atoms with Crippen LogP contribution in [0, 0.1) is 11.3 Å². The number of carbonyl (C=O) groups is 2. The third-order valence-corrected chi connectivity index (χ3v) is 3.04. The van der Waals surface area contributed by atoms with E-state index in [1.807, 2.05) is 6.07 Å². The van der Waals surface area contributed by atoms with Crippen LogP contribution in [0.2, 0.25) is 0 Å². The summed E-state index contributed by atoms with van der Waals surface area (Å²) in [5, 5.41) is 20.4. The van der Waals surface area contributed by atoms with Crippen LogP contribution < -0.4 is 5.32 Å². The third-order valence-electron chi connectivity index (χ3n) is 3.04. The molecule has 6 heteroatoms. The molecule has 0 fully saturated rings. The van der Waals surface area contributed by atoms with Crippen LogP contribution in [0.4, 0.5) is 4.79 Å². The fraction of sp³-hybridized carbons (Fsp3) is 0.357. The number of nitrogens with one attached hydrogen (secondary N) is 1. The summed E-state index contributed by atoms with van der Waals surface area (Å²) >= 11 is 0. The van der Waals surface area contributed by atoms with E-state index in [4.69, 9.17) is 5.26 Å². The van der Waals surface area contributed by atoms with Crippen molar-refractivity contribution < 1.29 is 14.7 Å². The first kappa shape index (κ1) is 15.5. The Morgan fingerprint density at radius 2 is 2.00 bits per heavy atom. The molecule has 2 N–H and O–H groups in total. The van der Waals surface area contributed by atoms with Crippen molar-refractivity contribution in [2.24, 2.45) is 0 Å². The van der Waals surface area contributed by atoms with Gasteiger partial charge in [-0.2, -0.15) is 5.26 Å². The van der Waals surface area contributed by atoms with Crippen LogP contribution in [0.1, 0.15) is 18.9 Å². The summed E-state index contributed by atoms with van der Waals surface area (Å²) in [6, 6.07) is 9.88. The lowest BCUT2D eigenvalue weighted by Gasteiger charge is -2.29. The van der Waals surface area contributed by atoms with E-state index in [-0.39, 0.29) is 13.0 Å². The highest BCUT2D eigenvalue weighted by Gasteiger charge is 2.37. The summed E-state index contributed by atoms with van der Waals surface area (Å²) in [6.45, 7) is 1.67. The van der Waals surface area contributed by atoms with Gasteiger partial charge in [-0.05, 0) is 12.5 Å². The molecule has 0 aromatic heterocycles. The maximum atomic E-state index is 12.0. The first-order valence-electron chi connectivity index (χ1n) is 6.11. The largest absolute Gasteiger partial charge is 0.479 e. The van der Waals surface area contributed by atoms with Gasteiger partial charge in [-0.3, -0.25) is 0 Å². The number of carbonyl (C=O) groups excluding carboxylic acids is 1. The monoisotopic (exact) mass is 275 g/mol. The number of amides is 2. The summed E-state index contributed by atoms with van der Waals surface area (Å²) in [5.74, 6) is -1.15. The van der Waals surface area contributed by atoms with E-state index in [1.54, 1.807) is 30.3 Å². The van der Waals surface area contributed by atoms with Crippen LogP contribution >= 0.6 is 0 Å². The molecule has 0 aliphatic carbocycles. The minimum Gasteiger partial charge on any atom is -0.479 e. The van der Waals surface area contributed by atoms with E-state index in [0.29, 0.717) is 5.56 Å². The van der Waals surface area contributed by atoms with Crippen LogP contribution in [-0.4, -0.2) is 35.6 Å². The zero-order valence-corrected chi connectivity index (χ0v) is 11.5. The molecule has 6 nitrogen and oxygen atoms in total. The molecule has 106 valence electrons. The molecule has 0 spiro atoms. The van der Waals surface area contributed by atoms with E-state index in [9.17, 15) is 14.7 Å². The molecular weight excluding hydrogens is 258 g/mol. The zero-order chi connectivity index (χ0) is 15.2. The van der Waals surface area contributed by atoms with Crippen molar-refractivity contribution in [3.05, 3.63) is 35.9 Å². The van der Waals surface area contributed by atoms with Gasteiger partial charge in [-0.25, -0.2) is 9.59 Å². The molecule has 0 bridgehead atoms. The SMILES string of the molecule is CN(CCC#N)C(=O)NC(C)(C(=O)O)c1ccccc1. The first-order valence-corrected chi connectivity index (χ1v) is 6.11. The van der Waals surface area contributed by atoms with E-state index in [2.05, 4.69) is 5.32 Å². The number of aliphatic carboxylic acids is 1. The van der Waals surface area contributed by atoms with Crippen molar-refractivity contribution in [3.8, 4) is 6.07 Å². The molecule has 2 amide bonds. The smallest absolute Gasteiger partial charge is 0.333 e. The predicted molar refractivity (Wildman–Crippen MR) is 72.8 cm³/mol. The van der Waals surface area contributed by atoms with Crippen LogP contribution in [-0.2, 0) is 10.3 Å². The molecule has 20 heavy (non-hydrogen) atoms. The lowest BCUT2D eigenvalue weighted by molar-refractivity contribution is -0.144. The Balaban J connectivity index is 2.91. The summed E-state index contributed by atoms with van der Waals surface area (Å²) in [6.07, 6.45) is 0.193. The Kier molecular flexibility index (Phi) is 5.09. The molecule has 0 saturated carbocycles. The minimum absolute atomic E-state index is 0.193. The Labute approximate surface area is 117 Å². The average Bonchev–Trinajstić information content (AvgIpc) is 2.45. The second-order valence-corrected chi connectivity index (χ2v) is 4.56. The maximum absolute atomic E-state index is 12.0. The van der Waals surface area contributed by atoms with Gasteiger partial charge in [0.1, 0.15) is 0 Å². The van der Waals surface area contributed by atoms with Gasteiger partial charge in [0.25, 0.3) is 0 Å². The molecule has 1 rings (SSSR count). The van der Waals surface area contributed by atoms with Crippen molar-refractivity contribution >= 4 is 12.0 Å². The number of carboxylic acids is 1. The third kappa shape index (κ3) is 3.48. The van der Waals surface area contributed by atoms with Crippen LogP contribution in [0.5, 0.6) is 0 Å². The first-order chi connectivity index (χ1) is 9.41. The Bertz CT molecular complexity index is 524. The molecule has 1 unspecified atom stereocenters. The van der Waals surface area contributed by atoms with E-state index >= 15 is 0 Å². The quantitative estimate of drug-likeness (QED) is 0.852. The normalized spacial score (nSPS) is 12.8. The number of hydrogen-bond donors (Lipinski definition) is 2. The van der Waals surface area contributed by atoms with Gasteiger partial charge < -0.3 is 15.3 Å². The predicted octanol–water partition coefficient (Wildman–Crippen LogP) is 1.54. The van der Waals surface area contributed by atoms with Crippen molar-refractivity contribution in [2.45, 2.75) is 18.9 Å². The highest BCUT2D eigenvalue weighted by atomic mass is 16.4. The van der Waals surface area contributed by atoms with Crippen LogP contribution in [0.15, 0.2) is 30.3 Å². The number of hydrogen-bond acceptors (Lipinski definition) is 3. The molecule has 0 aliphatic heterocycles. The maximum Gasteiger partial charge on any atom is 0.333 e. The number of benzene rings is 1. The molecule has 0 saturated heterocycles. The van der Waals surface area contributed by atoms with Gasteiger partial charge in [-0.15, -0.1) is 0 Å². The van der Waals surface area contributed by atoms with Crippen molar-refractivity contribution in [1.82, 2.24) is 10.2 Å². The standard InChI is InChI=1S/C14H17N3O3/c1-14(12(18)19,11-7-4-3-5-8-11)16-13(20)17(2)10-6-9-15/h3-5,7-8H,6,10H2,1-2H3,(H,16,20)(H,18,19). The summed E-state index contributed by atoms with van der Waals surface area (Å²) in [4.78, 5) is 24.8. The molecule has 0 aliphatic rings. The molecule has 1 aromatic carbocycles. The number of rotatable bonds is 5. The fourth-order valence-corrected chi connectivity index (χ4v) is 1.65. The second-order valence-electron chi connectivity index (χ2n) is 4.56. The highest BCUT2D eigenvalue weighted by Crippen LogP contribution is 2.21. The Hall–Kier alpha value is -2.55. The minimum atomic E-state index is -1.51. The lowest BCUT2D eigenvalue weighted by Crippen LogP contribution is -2.53. The van der Waals surface area contributed by atoms with Crippen molar-refractivity contribution in [1.29, 1.82) is 5.26 Å². The zero-order valence-electron chi connectivity index (χ0n) is 11.5. The van der Waals surface area contributed by atoms with Crippen molar-refractivity contribution in [2.75, 3.05) is 13.6 Å². The van der Waals surface area contributed by atoms with E-state index in [1.165, 1.54) is 18.9 Å². The van der Waals surface area contributed by atoms with Gasteiger partial charge in [0.05, 0.1) is 12.5 Å². The summed E-state index contributed by atoms with van der Waals surface area (Å²) in [7, 11) is 1.51. The number of urea groups is 1.